The van der Waals surface area contributed by atoms with E-state index in [9.17, 15) is 14.7 Å². The lowest BCUT2D eigenvalue weighted by molar-refractivity contribution is 0.00808. The van der Waals surface area contributed by atoms with Crippen molar-refractivity contribution in [2.75, 3.05) is 33.4 Å². The predicted molar refractivity (Wildman–Crippen MR) is 127 cm³/mol. The minimum absolute atomic E-state index is 0.178. The van der Waals surface area contributed by atoms with Gasteiger partial charge in [-0.2, -0.15) is 0 Å². The van der Waals surface area contributed by atoms with Gasteiger partial charge >= 0.3 is 12.1 Å². The van der Waals surface area contributed by atoms with E-state index in [4.69, 9.17) is 14.2 Å². The van der Waals surface area contributed by atoms with Crippen LogP contribution in [0.2, 0.25) is 0 Å². The Kier molecular flexibility index (Phi) is 8.49. The van der Waals surface area contributed by atoms with Gasteiger partial charge in [-0.1, -0.05) is 18.2 Å². The molecule has 0 aromatic heterocycles. The third-order valence-electron chi connectivity index (χ3n) is 5.90. The van der Waals surface area contributed by atoms with Gasteiger partial charge in [-0.25, -0.2) is 9.59 Å². The van der Waals surface area contributed by atoms with E-state index in [0.717, 1.165) is 29.2 Å². The van der Waals surface area contributed by atoms with E-state index in [2.05, 4.69) is 13.2 Å². The highest BCUT2D eigenvalue weighted by Gasteiger charge is 2.34. The number of esters is 1. The summed E-state index contributed by atoms with van der Waals surface area (Å²) in [5, 5.41) is 11.1. The molecule has 2 atom stereocenters. The van der Waals surface area contributed by atoms with Crippen LogP contribution in [0.5, 0.6) is 5.75 Å². The molecule has 33 heavy (non-hydrogen) atoms. The molecule has 1 heterocycles. The number of fused-ring (bicyclic) bond motifs is 1. The van der Waals surface area contributed by atoms with Gasteiger partial charge in [0.1, 0.15) is 5.75 Å². The van der Waals surface area contributed by atoms with Crippen molar-refractivity contribution in [1.82, 2.24) is 4.90 Å². The first-order valence-electron chi connectivity index (χ1n) is 11.1. The van der Waals surface area contributed by atoms with Crippen molar-refractivity contribution in [3.8, 4) is 5.75 Å². The summed E-state index contributed by atoms with van der Waals surface area (Å²) < 4.78 is 16.9. The number of likely N-dealkylation sites (tertiary alicyclic amines) is 1. The lowest BCUT2D eigenvalue weighted by Gasteiger charge is -2.37. The second kappa shape index (κ2) is 11.5. The minimum atomic E-state index is -0.955. The van der Waals surface area contributed by atoms with Gasteiger partial charge in [-0.05, 0) is 59.9 Å². The SMILES string of the molecule is C=CCCCOc1ccc2c(C(=O)OC)ccc(C3CN(C(=O)O)CCC3OCC=C)c2c1. The van der Waals surface area contributed by atoms with E-state index < -0.39 is 12.1 Å². The summed E-state index contributed by atoms with van der Waals surface area (Å²) in [5.74, 6) is 0.0470. The number of methoxy groups -OCH3 is 1. The van der Waals surface area contributed by atoms with E-state index in [-0.39, 0.29) is 12.0 Å². The average Bonchev–Trinajstić information content (AvgIpc) is 2.84. The Morgan fingerprint density at radius 3 is 2.70 bits per heavy atom. The Morgan fingerprint density at radius 2 is 2.00 bits per heavy atom. The first kappa shape index (κ1) is 24.3. The molecule has 0 radical (unpaired) electrons. The summed E-state index contributed by atoms with van der Waals surface area (Å²) in [5.41, 5.74) is 1.36. The number of piperidine rings is 1. The number of carboxylic acid groups (broad SMARTS) is 1. The lowest BCUT2D eigenvalue weighted by Crippen LogP contribution is -2.45. The van der Waals surface area contributed by atoms with Gasteiger partial charge in [-0.15, -0.1) is 13.2 Å². The third-order valence-corrected chi connectivity index (χ3v) is 5.90. The summed E-state index contributed by atoms with van der Waals surface area (Å²) in [6.07, 6.45) is 4.69. The number of hydrogen-bond acceptors (Lipinski definition) is 5. The quantitative estimate of drug-likeness (QED) is 0.309. The Balaban J connectivity index is 2.07. The largest absolute Gasteiger partial charge is 0.494 e. The van der Waals surface area contributed by atoms with E-state index in [1.807, 2.05) is 30.3 Å². The van der Waals surface area contributed by atoms with Crippen LogP contribution in [0.3, 0.4) is 0 Å². The number of carbonyl (C=O) groups is 2. The van der Waals surface area contributed by atoms with Gasteiger partial charge < -0.3 is 24.2 Å². The fourth-order valence-electron chi connectivity index (χ4n) is 4.26. The van der Waals surface area contributed by atoms with Crippen molar-refractivity contribution >= 4 is 22.8 Å². The molecule has 1 aliphatic heterocycles. The molecule has 7 nitrogen and oxygen atoms in total. The predicted octanol–water partition coefficient (Wildman–Crippen LogP) is 5.01. The Labute approximate surface area is 194 Å². The van der Waals surface area contributed by atoms with Crippen LogP contribution < -0.4 is 4.74 Å². The van der Waals surface area contributed by atoms with Gasteiger partial charge in [0, 0.05) is 19.0 Å². The molecule has 2 aromatic rings. The highest BCUT2D eigenvalue weighted by Crippen LogP contribution is 2.37. The zero-order chi connectivity index (χ0) is 23.8. The number of rotatable bonds is 10. The molecule has 3 rings (SSSR count). The summed E-state index contributed by atoms with van der Waals surface area (Å²) >= 11 is 0. The Morgan fingerprint density at radius 1 is 1.18 bits per heavy atom. The van der Waals surface area contributed by atoms with Crippen LogP contribution in [0, 0.1) is 0 Å². The second-order valence-electron chi connectivity index (χ2n) is 7.96. The summed E-state index contributed by atoms with van der Waals surface area (Å²) in [6, 6.07) is 9.21. The molecule has 1 saturated heterocycles. The van der Waals surface area contributed by atoms with Crippen LogP contribution in [-0.2, 0) is 9.47 Å². The zero-order valence-electron chi connectivity index (χ0n) is 19.0. The molecule has 1 aliphatic rings. The second-order valence-corrected chi connectivity index (χ2v) is 7.96. The number of nitrogens with zero attached hydrogens (tertiary/aromatic N) is 1. The maximum Gasteiger partial charge on any atom is 0.407 e. The normalized spacial score (nSPS) is 18.0. The number of allylic oxidation sites excluding steroid dienone is 1. The van der Waals surface area contributed by atoms with E-state index in [1.54, 1.807) is 12.1 Å². The fraction of sp³-hybridized carbons (Fsp3) is 0.385. The number of carbonyl (C=O) groups excluding carboxylic acids is 1. The van der Waals surface area contributed by atoms with Crippen molar-refractivity contribution in [2.24, 2.45) is 0 Å². The van der Waals surface area contributed by atoms with Gasteiger partial charge in [0.15, 0.2) is 0 Å². The molecule has 7 heteroatoms. The van der Waals surface area contributed by atoms with Crippen LogP contribution in [0.1, 0.15) is 41.1 Å². The lowest BCUT2D eigenvalue weighted by atomic mass is 9.84. The fourth-order valence-corrected chi connectivity index (χ4v) is 4.26. The molecule has 0 spiro atoms. The minimum Gasteiger partial charge on any atom is -0.494 e. The van der Waals surface area contributed by atoms with Gasteiger partial charge in [0.2, 0.25) is 0 Å². The zero-order valence-corrected chi connectivity index (χ0v) is 19.0. The number of ether oxygens (including phenoxy) is 3. The average molecular weight is 454 g/mol. The highest BCUT2D eigenvalue weighted by atomic mass is 16.5. The van der Waals surface area contributed by atoms with Crippen LogP contribution in [0.4, 0.5) is 4.79 Å². The van der Waals surface area contributed by atoms with E-state index in [0.29, 0.717) is 44.0 Å². The number of benzene rings is 2. The smallest absolute Gasteiger partial charge is 0.407 e. The molecule has 1 N–H and O–H groups in total. The Bertz CT molecular complexity index is 1020. The molecule has 1 fully saturated rings. The third kappa shape index (κ3) is 5.73. The molecule has 0 aliphatic carbocycles. The molecule has 176 valence electrons. The number of hydrogen-bond donors (Lipinski definition) is 1. The first-order valence-corrected chi connectivity index (χ1v) is 11.1. The molecule has 1 amide bonds. The molecular formula is C26H31NO6. The van der Waals surface area contributed by atoms with Crippen molar-refractivity contribution in [3.63, 3.8) is 0 Å². The van der Waals surface area contributed by atoms with Crippen molar-refractivity contribution in [2.45, 2.75) is 31.3 Å². The summed E-state index contributed by atoms with van der Waals surface area (Å²) in [4.78, 5) is 25.5. The van der Waals surface area contributed by atoms with Gasteiger partial charge in [0.05, 0.1) is 32.0 Å². The van der Waals surface area contributed by atoms with Gasteiger partial charge in [-0.3, -0.25) is 0 Å². The number of amides is 1. The van der Waals surface area contributed by atoms with E-state index in [1.165, 1.54) is 12.0 Å². The van der Waals surface area contributed by atoms with Gasteiger partial charge in [0.25, 0.3) is 0 Å². The van der Waals surface area contributed by atoms with Crippen molar-refractivity contribution < 1.29 is 28.9 Å². The molecule has 2 unspecified atom stereocenters. The maximum absolute atomic E-state index is 12.4. The summed E-state index contributed by atoms with van der Waals surface area (Å²) in [6.45, 7) is 9.09. The molecule has 0 bridgehead atoms. The monoisotopic (exact) mass is 453 g/mol. The molecule has 2 aromatic carbocycles. The Hall–Kier alpha value is -3.32. The van der Waals surface area contributed by atoms with Crippen LogP contribution in [-0.4, -0.2) is 61.6 Å². The first-order chi connectivity index (χ1) is 16.0. The summed E-state index contributed by atoms with van der Waals surface area (Å²) in [7, 11) is 1.35. The maximum atomic E-state index is 12.4. The molecule has 0 saturated carbocycles. The highest BCUT2D eigenvalue weighted by molar-refractivity contribution is 6.06. The number of unbranched alkanes of at least 4 members (excludes halogenated alkanes) is 1. The van der Waals surface area contributed by atoms with Crippen molar-refractivity contribution in [3.05, 3.63) is 66.8 Å². The van der Waals surface area contributed by atoms with Crippen LogP contribution in [0.25, 0.3) is 10.8 Å². The van der Waals surface area contributed by atoms with Crippen LogP contribution >= 0.6 is 0 Å². The standard InChI is InChI=1S/C26H31NO6/c1-4-6-7-15-32-18-8-9-19-21(25(28)31-3)11-10-20(22(19)16-18)23-17-27(26(29)30)13-12-24(23)33-14-5-2/h4-5,8-11,16,23-24H,1-2,6-7,12-15,17H2,3H3,(H,29,30). The molecular weight excluding hydrogens is 422 g/mol. The van der Waals surface area contributed by atoms with Crippen LogP contribution in [0.15, 0.2) is 55.6 Å². The topological polar surface area (TPSA) is 85.3 Å². The van der Waals surface area contributed by atoms with E-state index >= 15 is 0 Å². The van der Waals surface area contributed by atoms with Crippen molar-refractivity contribution in [1.29, 1.82) is 0 Å².